The summed E-state index contributed by atoms with van der Waals surface area (Å²) in [6, 6.07) is 5.77. The van der Waals surface area contributed by atoms with Gasteiger partial charge in [-0.05, 0) is 24.3 Å². The van der Waals surface area contributed by atoms with Crippen LogP contribution in [0, 0.1) is 5.82 Å². The van der Waals surface area contributed by atoms with Crippen molar-refractivity contribution in [2.45, 2.75) is 12.5 Å². The number of amides is 1. The highest BCUT2D eigenvalue weighted by atomic mass is 19.1. The lowest BCUT2D eigenvalue weighted by Gasteiger charge is -2.32. The Hall–Kier alpha value is -1.46. The van der Waals surface area contributed by atoms with Crippen molar-refractivity contribution < 1.29 is 19.0 Å². The van der Waals surface area contributed by atoms with Crippen LogP contribution >= 0.6 is 0 Å². The summed E-state index contributed by atoms with van der Waals surface area (Å²) in [5.74, 6) is -0.515. The zero-order chi connectivity index (χ0) is 12.3. The van der Waals surface area contributed by atoms with E-state index in [0.717, 1.165) is 0 Å². The van der Waals surface area contributed by atoms with E-state index in [1.165, 1.54) is 12.1 Å². The van der Waals surface area contributed by atoms with Crippen LogP contribution in [-0.2, 0) is 9.53 Å². The molecule has 0 aromatic heterocycles. The van der Waals surface area contributed by atoms with Crippen molar-refractivity contribution >= 4 is 11.6 Å². The molecule has 0 aliphatic carbocycles. The monoisotopic (exact) mass is 239 g/mol. The molecule has 1 saturated heterocycles. The summed E-state index contributed by atoms with van der Waals surface area (Å²) in [5.41, 5.74) is 0.655. The standard InChI is InChI=1S/C12H14FNO3/c13-9-1-3-10(4-2-9)14-6-8-17-11(5-7-15)12(14)16/h1-4,11,15H,5-8H2. The van der Waals surface area contributed by atoms with Gasteiger partial charge in [-0.3, -0.25) is 4.79 Å². The Bertz CT molecular complexity index is 391. The highest BCUT2D eigenvalue weighted by Crippen LogP contribution is 2.20. The van der Waals surface area contributed by atoms with Crippen molar-refractivity contribution in [2.75, 3.05) is 24.7 Å². The molecule has 0 saturated carbocycles. The molecule has 1 atom stereocenters. The normalized spacial score (nSPS) is 20.7. The quantitative estimate of drug-likeness (QED) is 0.854. The van der Waals surface area contributed by atoms with Crippen molar-refractivity contribution in [3.8, 4) is 0 Å². The van der Waals surface area contributed by atoms with Crippen LogP contribution in [0.1, 0.15) is 6.42 Å². The molecule has 2 rings (SSSR count). The fourth-order valence-corrected chi connectivity index (χ4v) is 1.84. The summed E-state index contributed by atoms with van der Waals surface area (Å²) < 4.78 is 18.1. The largest absolute Gasteiger partial charge is 0.396 e. The first-order valence-corrected chi connectivity index (χ1v) is 5.52. The SMILES string of the molecule is O=C1C(CCO)OCCN1c1ccc(F)cc1. The maximum atomic E-state index is 12.8. The Kier molecular flexibility index (Phi) is 3.71. The fourth-order valence-electron chi connectivity index (χ4n) is 1.84. The predicted molar refractivity (Wildman–Crippen MR) is 60.2 cm³/mol. The van der Waals surface area contributed by atoms with Gasteiger partial charge in [0, 0.05) is 25.3 Å². The van der Waals surface area contributed by atoms with Gasteiger partial charge in [-0.15, -0.1) is 0 Å². The number of ether oxygens (including phenoxy) is 1. The maximum Gasteiger partial charge on any atom is 0.256 e. The van der Waals surface area contributed by atoms with Crippen molar-refractivity contribution in [2.24, 2.45) is 0 Å². The molecule has 1 amide bonds. The molecular weight excluding hydrogens is 225 g/mol. The lowest BCUT2D eigenvalue weighted by atomic mass is 10.1. The van der Waals surface area contributed by atoms with Gasteiger partial charge in [0.25, 0.3) is 5.91 Å². The van der Waals surface area contributed by atoms with Gasteiger partial charge in [0.15, 0.2) is 0 Å². The molecule has 1 unspecified atom stereocenters. The first kappa shape index (κ1) is 12.0. The van der Waals surface area contributed by atoms with Crippen molar-refractivity contribution in [1.82, 2.24) is 0 Å². The molecule has 0 bridgehead atoms. The summed E-state index contributed by atoms with van der Waals surface area (Å²) in [6.45, 7) is 0.786. The second-order valence-electron chi connectivity index (χ2n) is 3.84. The van der Waals surface area contributed by atoms with Crippen LogP contribution in [-0.4, -0.2) is 36.9 Å². The highest BCUT2D eigenvalue weighted by molar-refractivity contribution is 5.97. The minimum absolute atomic E-state index is 0.0896. The molecule has 5 heteroatoms. The molecular formula is C12H14FNO3. The lowest BCUT2D eigenvalue weighted by Crippen LogP contribution is -2.48. The Morgan fingerprint density at radius 3 is 2.76 bits per heavy atom. The molecule has 92 valence electrons. The van der Waals surface area contributed by atoms with E-state index in [-0.39, 0.29) is 24.8 Å². The van der Waals surface area contributed by atoms with Gasteiger partial charge in [-0.1, -0.05) is 0 Å². The number of aliphatic hydroxyl groups is 1. The predicted octanol–water partition coefficient (Wildman–Crippen LogP) is 0.940. The van der Waals surface area contributed by atoms with E-state index in [4.69, 9.17) is 9.84 Å². The summed E-state index contributed by atoms with van der Waals surface area (Å²) in [5, 5.41) is 8.83. The molecule has 4 nitrogen and oxygen atoms in total. The van der Waals surface area contributed by atoms with E-state index in [1.54, 1.807) is 17.0 Å². The van der Waals surface area contributed by atoms with E-state index in [0.29, 0.717) is 18.8 Å². The van der Waals surface area contributed by atoms with E-state index < -0.39 is 6.10 Å². The van der Waals surface area contributed by atoms with E-state index >= 15 is 0 Å². The van der Waals surface area contributed by atoms with Crippen molar-refractivity contribution in [1.29, 1.82) is 0 Å². The number of carbonyl (C=O) groups is 1. The summed E-state index contributed by atoms with van der Waals surface area (Å²) >= 11 is 0. The molecule has 1 aliphatic rings. The number of nitrogens with zero attached hydrogens (tertiary/aromatic N) is 1. The number of rotatable bonds is 3. The van der Waals surface area contributed by atoms with Gasteiger partial charge >= 0.3 is 0 Å². The van der Waals surface area contributed by atoms with Gasteiger partial charge in [0.2, 0.25) is 0 Å². The Balaban J connectivity index is 2.14. The zero-order valence-corrected chi connectivity index (χ0v) is 9.30. The second kappa shape index (κ2) is 5.25. The highest BCUT2D eigenvalue weighted by Gasteiger charge is 2.29. The third kappa shape index (κ3) is 2.62. The molecule has 1 N–H and O–H groups in total. The van der Waals surface area contributed by atoms with Crippen LogP contribution in [0.5, 0.6) is 0 Å². The van der Waals surface area contributed by atoms with Crippen molar-refractivity contribution in [3.63, 3.8) is 0 Å². The Morgan fingerprint density at radius 2 is 2.12 bits per heavy atom. The van der Waals surface area contributed by atoms with Gasteiger partial charge in [-0.2, -0.15) is 0 Å². The number of halogens is 1. The van der Waals surface area contributed by atoms with Gasteiger partial charge < -0.3 is 14.7 Å². The van der Waals surface area contributed by atoms with E-state index in [9.17, 15) is 9.18 Å². The molecule has 1 aromatic carbocycles. The van der Waals surface area contributed by atoms with Gasteiger partial charge in [-0.25, -0.2) is 4.39 Å². The average molecular weight is 239 g/mol. The molecule has 0 radical (unpaired) electrons. The summed E-state index contributed by atoms with van der Waals surface area (Å²) in [4.78, 5) is 13.6. The number of morpholine rings is 1. The molecule has 1 heterocycles. The van der Waals surface area contributed by atoms with Gasteiger partial charge in [0.05, 0.1) is 6.61 Å². The zero-order valence-electron chi connectivity index (χ0n) is 9.30. The summed E-state index contributed by atoms with van der Waals surface area (Å²) in [7, 11) is 0. The second-order valence-corrected chi connectivity index (χ2v) is 3.84. The van der Waals surface area contributed by atoms with Crippen LogP contribution in [0.2, 0.25) is 0 Å². The Morgan fingerprint density at radius 1 is 1.41 bits per heavy atom. The Labute approximate surface area is 98.6 Å². The molecule has 1 aliphatic heterocycles. The van der Waals surface area contributed by atoms with E-state index in [1.807, 2.05) is 0 Å². The van der Waals surface area contributed by atoms with Crippen LogP contribution < -0.4 is 4.90 Å². The molecule has 17 heavy (non-hydrogen) atoms. The number of aliphatic hydroxyl groups excluding tert-OH is 1. The van der Waals surface area contributed by atoms with Gasteiger partial charge in [0.1, 0.15) is 11.9 Å². The average Bonchev–Trinajstić information content (AvgIpc) is 2.34. The number of benzene rings is 1. The third-order valence-electron chi connectivity index (χ3n) is 2.70. The van der Waals surface area contributed by atoms with Crippen LogP contribution in [0.3, 0.4) is 0 Å². The fraction of sp³-hybridized carbons (Fsp3) is 0.417. The number of hydrogen-bond donors (Lipinski definition) is 1. The first-order valence-electron chi connectivity index (χ1n) is 5.52. The van der Waals surface area contributed by atoms with Crippen LogP contribution in [0.15, 0.2) is 24.3 Å². The minimum atomic E-state index is -0.598. The topological polar surface area (TPSA) is 49.8 Å². The minimum Gasteiger partial charge on any atom is -0.396 e. The van der Waals surface area contributed by atoms with Crippen LogP contribution in [0.4, 0.5) is 10.1 Å². The first-order chi connectivity index (χ1) is 8.22. The number of carbonyl (C=O) groups excluding carboxylic acids is 1. The molecule has 1 fully saturated rings. The van der Waals surface area contributed by atoms with Crippen molar-refractivity contribution in [3.05, 3.63) is 30.1 Å². The molecule has 0 spiro atoms. The summed E-state index contributed by atoms with van der Waals surface area (Å²) in [6.07, 6.45) is -0.310. The number of hydrogen-bond acceptors (Lipinski definition) is 3. The maximum absolute atomic E-state index is 12.8. The lowest BCUT2D eigenvalue weighted by molar-refractivity contribution is -0.134. The third-order valence-corrected chi connectivity index (χ3v) is 2.70. The van der Waals surface area contributed by atoms with E-state index in [2.05, 4.69) is 0 Å². The van der Waals surface area contributed by atoms with Crippen LogP contribution in [0.25, 0.3) is 0 Å². The smallest absolute Gasteiger partial charge is 0.256 e. The number of anilines is 1. The molecule has 1 aromatic rings.